The third kappa shape index (κ3) is 0.899. The van der Waals surface area contributed by atoms with Gasteiger partial charge in [-0.3, -0.25) is 0 Å². The molecule has 0 aliphatic rings. The van der Waals surface area contributed by atoms with E-state index in [4.69, 9.17) is 0 Å². The number of aromatic nitrogens is 1. The summed E-state index contributed by atoms with van der Waals surface area (Å²) >= 11 is 1.43. The minimum atomic E-state index is 0.750. The normalized spacial score (nSPS) is 8.71. The molecule has 0 aliphatic carbocycles. The lowest BCUT2D eigenvalue weighted by Gasteiger charge is -1.84. The van der Waals surface area contributed by atoms with Crippen molar-refractivity contribution in [1.82, 2.24) is 4.98 Å². The molecule has 0 fully saturated rings. The monoisotopic (exact) mass is 114 g/mol. The molecule has 1 radical (unpaired) electrons. The van der Waals surface area contributed by atoms with Gasteiger partial charge in [-0.2, -0.15) is 0 Å². The molecule has 0 unspecified atom stereocenters. The van der Waals surface area contributed by atoms with Gasteiger partial charge in [0.15, 0.2) is 5.06 Å². The van der Waals surface area contributed by atoms with Crippen molar-refractivity contribution in [3.63, 3.8) is 0 Å². The van der Waals surface area contributed by atoms with Gasteiger partial charge in [0.1, 0.15) is 7.11 Å². The first-order valence-electron chi connectivity index (χ1n) is 1.74. The van der Waals surface area contributed by atoms with Crippen molar-refractivity contribution in [2.24, 2.45) is 0 Å². The van der Waals surface area contributed by atoms with Gasteiger partial charge in [0, 0.05) is 0 Å². The van der Waals surface area contributed by atoms with Crippen molar-refractivity contribution in [2.75, 3.05) is 0 Å². The third-order valence-corrected chi connectivity index (χ3v) is 1.23. The fraction of sp³-hybridized carbons (Fsp3) is 0. The maximum Gasteiger partial charge on any atom is 0.194 e. The zero-order valence-electron chi connectivity index (χ0n) is 3.63. The molecule has 37 valence electrons. The van der Waals surface area contributed by atoms with Crippen molar-refractivity contribution >= 4 is 11.3 Å². The molecule has 0 N–H and O–H groups in total. The Morgan fingerprint density at radius 1 is 1.86 bits per heavy atom. The van der Waals surface area contributed by atoms with Crippen LogP contribution in [-0.2, 0) is 0 Å². The van der Waals surface area contributed by atoms with Crippen LogP contribution in [0.15, 0.2) is 11.7 Å². The van der Waals surface area contributed by atoms with Gasteiger partial charge in [0.2, 0.25) is 0 Å². The van der Waals surface area contributed by atoms with Gasteiger partial charge in [-0.1, -0.05) is 11.3 Å². The number of nitrogens with zero attached hydrogens (tertiary/aromatic N) is 1. The van der Waals surface area contributed by atoms with Crippen LogP contribution in [0.5, 0.6) is 5.06 Å². The first-order valence-corrected chi connectivity index (χ1v) is 2.62. The zero-order valence-corrected chi connectivity index (χ0v) is 4.44. The Kier molecular flexibility index (Phi) is 1.26. The molecule has 0 amide bonds. The summed E-state index contributed by atoms with van der Waals surface area (Å²) in [5.74, 6) is 0. The van der Waals surface area contributed by atoms with Crippen LogP contribution in [0.2, 0.25) is 0 Å². The Labute approximate surface area is 45.8 Å². The molecule has 1 aromatic rings. The van der Waals surface area contributed by atoms with Crippen LogP contribution in [0.1, 0.15) is 0 Å². The van der Waals surface area contributed by atoms with Crippen molar-refractivity contribution in [3.05, 3.63) is 18.8 Å². The summed E-state index contributed by atoms with van der Waals surface area (Å²) in [5.41, 5.74) is 1.69. The Morgan fingerprint density at radius 2 is 2.71 bits per heavy atom. The first kappa shape index (κ1) is 4.59. The summed E-state index contributed by atoms with van der Waals surface area (Å²) in [6.07, 6.45) is 1.62. The molecule has 0 atom stereocenters. The summed E-state index contributed by atoms with van der Waals surface area (Å²) in [6, 6.07) is 0. The summed E-state index contributed by atoms with van der Waals surface area (Å²) < 4.78 is 4.56. The van der Waals surface area contributed by atoms with Gasteiger partial charge in [-0.05, 0) is 0 Å². The summed E-state index contributed by atoms with van der Waals surface area (Å²) in [4.78, 5) is 3.75. The molecule has 1 heterocycles. The van der Waals surface area contributed by atoms with E-state index in [0.29, 0.717) is 0 Å². The quantitative estimate of drug-likeness (QED) is 0.549. The molecule has 7 heavy (non-hydrogen) atoms. The highest BCUT2D eigenvalue weighted by Crippen LogP contribution is 2.13. The van der Waals surface area contributed by atoms with E-state index in [1.165, 1.54) is 11.3 Å². The first-order chi connectivity index (χ1) is 3.43. The fourth-order valence-corrected chi connectivity index (χ4v) is 0.691. The number of hydrogen-bond donors (Lipinski definition) is 0. The minimum absolute atomic E-state index is 0.750. The summed E-state index contributed by atoms with van der Waals surface area (Å²) in [7, 11) is 3.20. The highest BCUT2D eigenvalue weighted by atomic mass is 32.1. The van der Waals surface area contributed by atoms with Crippen molar-refractivity contribution in [2.45, 2.75) is 0 Å². The average molecular weight is 114 g/mol. The molecule has 1 aromatic heterocycles. The average Bonchev–Trinajstić information content (AvgIpc) is 2.14. The summed E-state index contributed by atoms with van der Waals surface area (Å²) in [5, 5.41) is 0.750. The van der Waals surface area contributed by atoms with Crippen molar-refractivity contribution in [3.8, 4) is 5.06 Å². The molecule has 0 saturated carbocycles. The SMILES string of the molecule is [CH2]Oc1cncs1. The van der Waals surface area contributed by atoms with Crippen molar-refractivity contribution < 1.29 is 4.74 Å². The lowest BCUT2D eigenvalue weighted by atomic mass is 10.9. The largest absolute Gasteiger partial charge is 0.479 e. The lowest BCUT2D eigenvalue weighted by molar-refractivity contribution is 0.485. The Bertz CT molecular complexity index is 126. The molecular weight excluding hydrogens is 110 g/mol. The molecule has 1 rings (SSSR count). The lowest BCUT2D eigenvalue weighted by Crippen LogP contribution is -1.68. The van der Waals surface area contributed by atoms with Crippen LogP contribution >= 0.6 is 11.3 Å². The number of thiazole rings is 1. The fourth-order valence-electron chi connectivity index (χ4n) is 0.275. The van der Waals surface area contributed by atoms with Crippen LogP contribution < -0.4 is 4.74 Å². The summed E-state index contributed by atoms with van der Waals surface area (Å²) in [6.45, 7) is 0. The molecule has 0 aliphatic heterocycles. The van der Waals surface area contributed by atoms with E-state index in [-0.39, 0.29) is 0 Å². The third-order valence-electron chi connectivity index (χ3n) is 0.552. The molecule has 3 heteroatoms. The number of hydrogen-bond acceptors (Lipinski definition) is 3. The predicted octanol–water partition coefficient (Wildman–Crippen LogP) is 1.31. The van der Waals surface area contributed by atoms with Gasteiger partial charge in [0.05, 0.1) is 11.7 Å². The van der Waals surface area contributed by atoms with Crippen LogP contribution in [0.25, 0.3) is 0 Å². The molecule has 2 nitrogen and oxygen atoms in total. The maximum atomic E-state index is 4.56. The van der Waals surface area contributed by atoms with E-state index in [9.17, 15) is 0 Å². The Morgan fingerprint density at radius 3 is 3.00 bits per heavy atom. The molecule has 0 bridgehead atoms. The molecule has 0 spiro atoms. The van der Waals surface area contributed by atoms with Crippen molar-refractivity contribution in [1.29, 1.82) is 0 Å². The Hall–Kier alpha value is -0.570. The van der Waals surface area contributed by atoms with Crippen LogP contribution in [0, 0.1) is 7.11 Å². The van der Waals surface area contributed by atoms with Gasteiger partial charge >= 0.3 is 0 Å². The molecular formula is C4H4NOS. The van der Waals surface area contributed by atoms with E-state index < -0.39 is 0 Å². The molecule has 0 aromatic carbocycles. The van der Waals surface area contributed by atoms with Gasteiger partial charge in [0.25, 0.3) is 0 Å². The second-order valence-corrected chi connectivity index (χ2v) is 1.81. The van der Waals surface area contributed by atoms with Crippen LogP contribution in [0.4, 0.5) is 0 Å². The maximum absolute atomic E-state index is 4.56. The second-order valence-electron chi connectivity index (χ2n) is 0.965. The second kappa shape index (κ2) is 1.93. The minimum Gasteiger partial charge on any atom is -0.479 e. The molecule has 0 saturated heterocycles. The van der Waals surface area contributed by atoms with E-state index >= 15 is 0 Å². The Balaban J connectivity index is 2.76. The number of rotatable bonds is 1. The van der Waals surface area contributed by atoms with Gasteiger partial charge in [-0.15, -0.1) is 0 Å². The van der Waals surface area contributed by atoms with Crippen LogP contribution in [0.3, 0.4) is 0 Å². The van der Waals surface area contributed by atoms with E-state index in [2.05, 4.69) is 16.8 Å². The smallest absolute Gasteiger partial charge is 0.194 e. The zero-order chi connectivity index (χ0) is 5.11. The predicted molar refractivity (Wildman–Crippen MR) is 28.1 cm³/mol. The van der Waals surface area contributed by atoms with Gasteiger partial charge < -0.3 is 4.74 Å². The topological polar surface area (TPSA) is 22.1 Å². The van der Waals surface area contributed by atoms with E-state index in [1.807, 2.05) is 0 Å². The standard InChI is InChI=1S/C4H4NOS/c1-6-4-2-5-3-7-4/h2-3H,1H2. The highest BCUT2D eigenvalue weighted by molar-refractivity contribution is 7.11. The highest BCUT2D eigenvalue weighted by Gasteiger charge is 1.85. The number of ether oxygens (including phenoxy) is 1. The van der Waals surface area contributed by atoms with Gasteiger partial charge in [-0.25, -0.2) is 4.98 Å². The van der Waals surface area contributed by atoms with E-state index in [1.54, 1.807) is 11.7 Å². The van der Waals surface area contributed by atoms with Crippen LogP contribution in [-0.4, -0.2) is 4.98 Å². The van der Waals surface area contributed by atoms with E-state index in [0.717, 1.165) is 5.06 Å².